The van der Waals surface area contributed by atoms with Gasteiger partial charge in [0.25, 0.3) is 0 Å². The van der Waals surface area contributed by atoms with E-state index in [0.29, 0.717) is 11.7 Å². The minimum atomic E-state index is 0.370. The van der Waals surface area contributed by atoms with Crippen molar-refractivity contribution in [1.29, 1.82) is 0 Å². The topological polar surface area (TPSA) is 67.6 Å². The van der Waals surface area contributed by atoms with Crippen LogP contribution in [0.3, 0.4) is 0 Å². The molecule has 2 heterocycles. The molecule has 1 N–H and O–H groups in total. The summed E-state index contributed by atoms with van der Waals surface area (Å²) in [6, 6.07) is 1.92. The van der Waals surface area contributed by atoms with Crippen LogP contribution in [-0.4, -0.2) is 20.3 Å². The Morgan fingerprint density at radius 2 is 2.31 bits per heavy atom. The molecule has 0 saturated carbocycles. The van der Waals surface area contributed by atoms with Crippen molar-refractivity contribution in [3.05, 3.63) is 23.3 Å². The van der Waals surface area contributed by atoms with E-state index in [1.807, 2.05) is 13.0 Å². The molecule has 0 unspecified atom stereocenters. The predicted molar refractivity (Wildman–Crippen MR) is 61.3 cm³/mol. The molecule has 0 radical (unpaired) electrons. The lowest BCUT2D eigenvalue weighted by molar-refractivity contribution is 0.391. The van der Waals surface area contributed by atoms with Crippen molar-refractivity contribution in [2.75, 3.05) is 0 Å². The molecule has 0 bridgehead atoms. The summed E-state index contributed by atoms with van der Waals surface area (Å²) in [6.45, 7) is 6.06. The maximum absolute atomic E-state index is 5.10. The third-order valence-corrected chi connectivity index (χ3v) is 2.92. The summed E-state index contributed by atoms with van der Waals surface area (Å²) >= 11 is 1.54. The molecule has 0 aliphatic rings. The number of aromatic nitrogens is 4. The normalized spacial score (nSPS) is 11.2. The third kappa shape index (κ3) is 2.63. The van der Waals surface area contributed by atoms with Gasteiger partial charge in [0.05, 0.1) is 11.4 Å². The minimum absolute atomic E-state index is 0.370. The van der Waals surface area contributed by atoms with Crippen LogP contribution in [-0.2, 0) is 5.75 Å². The average molecular weight is 238 g/mol. The fraction of sp³-hybridized carbons (Fsp3) is 0.500. The van der Waals surface area contributed by atoms with E-state index in [9.17, 15) is 0 Å². The van der Waals surface area contributed by atoms with Crippen molar-refractivity contribution in [1.82, 2.24) is 20.3 Å². The predicted octanol–water partition coefficient (Wildman–Crippen LogP) is 2.52. The van der Waals surface area contributed by atoms with Crippen LogP contribution in [0.25, 0.3) is 0 Å². The summed E-state index contributed by atoms with van der Waals surface area (Å²) < 4.78 is 5.10. The molecule has 5 nitrogen and oxygen atoms in total. The van der Waals surface area contributed by atoms with Crippen molar-refractivity contribution in [3.63, 3.8) is 0 Å². The van der Waals surface area contributed by atoms with Crippen LogP contribution in [0.2, 0.25) is 0 Å². The number of hydrogen-bond acceptors (Lipinski definition) is 5. The second-order valence-electron chi connectivity index (χ2n) is 3.88. The Hall–Kier alpha value is -1.30. The van der Waals surface area contributed by atoms with Crippen LogP contribution in [0.15, 0.2) is 15.7 Å². The fourth-order valence-corrected chi connectivity index (χ4v) is 1.88. The monoisotopic (exact) mass is 238 g/mol. The van der Waals surface area contributed by atoms with E-state index >= 15 is 0 Å². The van der Waals surface area contributed by atoms with Gasteiger partial charge in [-0.3, -0.25) is 5.10 Å². The van der Waals surface area contributed by atoms with Crippen LogP contribution in [0, 0.1) is 6.92 Å². The molecule has 2 aromatic rings. The van der Waals surface area contributed by atoms with Gasteiger partial charge in [-0.2, -0.15) is 0 Å². The first-order chi connectivity index (χ1) is 7.65. The zero-order chi connectivity index (χ0) is 11.5. The van der Waals surface area contributed by atoms with Gasteiger partial charge in [-0.05, 0) is 6.92 Å². The Labute approximate surface area is 98.0 Å². The highest BCUT2D eigenvalue weighted by Gasteiger charge is 2.08. The number of nitrogens with zero attached hydrogens (tertiary/aromatic N) is 3. The second kappa shape index (κ2) is 4.69. The number of H-pyrrole nitrogens is 1. The minimum Gasteiger partial charge on any atom is -0.360 e. The van der Waals surface area contributed by atoms with Crippen molar-refractivity contribution in [3.8, 4) is 0 Å². The molecule has 0 aliphatic heterocycles. The van der Waals surface area contributed by atoms with Gasteiger partial charge in [0, 0.05) is 12.0 Å². The molecule has 0 amide bonds. The Balaban J connectivity index is 1.94. The van der Waals surface area contributed by atoms with E-state index in [-0.39, 0.29) is 0 Å². The molecule has 6 heteroatoms. The van der Waals surface area contributed by atoms with E-state index in [1.54, 1.807) is 0 Å². The summed E-state index contributed by atoms with van der Waals surface area (Å²) in [5.74, 6) is 2.83. The number of aromatic amines is 1. The van der Waals surface area contributed by atoms with E-state index < -0.39 is 0 Å². The lowest BCUT2D eigenvalue weighted by Crippen LogP contribution is -1.89. The summed E-state index contributed by atoms with van der Waals surface area (Å²) in [7, 11) is 0. The highest BCUT2D eigenvalue weighted by atomic mass is 32.2. The molecule has 0 spiro atoms. The lowest BCUT2D eigenvalue weighted by atomic mass is 10.2. The summed E-state index contributed by atoms with van der Waals surface area (Å²) in [5.41, 5.74) is 0.897. The lowest BCUT2D eigenvalue weighted by Gasteiger charge is -1.95. The second-order valence-corrected chi connectivity index (χ2v) is 4.82. The molecule has 0 aromatic carbocycles. The van der Waals surface area contributed by atoms with E-state index in [0.717, 1.165) is 22.4 Å². The average Bonchev–Trinajstić information content (AvgIpc) is 2.83. The van der Waals surface area contributed by atoms with Gasteiger partial charge in [-0.25, -0.2) is 4.98 Å². The van der Waals surface area contributed by atoms with Crippen LogP contribution in [0.1, 0.15) is 37.0 Å². The van der Waals surface area contributed by atoms with Crippen molar-refractivity contribution in [2.24, 2.45) is 0 Å². The Morgan fingerprint density at radius 1 is 1.50 bits per heavy atom. The maximum Gasteiger partial charge on any atom is 0.208 e. The van der Waals surface area contributed by atoms with E-state index in [2.05, 4.69) is 34.2 Å². The smallest absolute Gasteiger partial charge is 0.208 e. The standard InChI is InChI=1S/C10H14N4OS/c1-6(2)9-11-10(13-12-9)16-5-8-4-7(3)14-15-8/h4,6H,5H2,1-3H3,(H,11,12,13). The molecule has 0 fully saturated rings. The van der Waals surface area contributed by atoms with E-state index in [1.165, 1.54) is 11.8 Å². The Morgan fingerprint density at radius 3 is 2.88 bits per heavy atom. The quantitative estimate of drug-likeness (QED) is 0.829. The molecule has 0 atom stereocenters. The summed E-state index contributed by atoms with van der Waals surface area (Å²) in [4.78, 5) is 4.37. The number of aryl methyl sites for hydroxylation is 1. The first kappa shape index (κ1) is 11.2. The number of rotatable bonds is 4. The zero-order valence-corrected chi connectivity index (χ0v) is 10.3. The highest BCUT2D eigenvalue weighted by Crippen LogP contribution is 2.20. The van der Waals surface area contributed by atoms with Gasteiger partial charge < -0.3 is 4.52 Å². The molecule has 16 heavy (non-hydrogen) atoms. The van der Waals surface area contributed by atoms with Crippen LogP contribution >= 0.6 is 11.8 Å². The molecule has 2 aromatic heterocycles. The van der Waals surface area contributed by atoms with Gasteiger partial charge in [-0.1, -0.05) is 30.8 Å². The van der Waals surface area contributed by atoms with Crippen molar-refractivity contribution >= 4 is 11.8 Å². The highest BCUT2D eigenvalue weighted by molar-refractivity contribution is 7.98. The Kier molecular flexibility index (Phi) is 3.28. The maximum atomic E-state index is 5.10. The van der Waals surface area contributed by atoms with Crippen molar-refractivity contribution in [2.45, 2.75) is 37.6 Å². The first-order valence-corrected chi connectivity index (χ1v) is 6.11. The van der Waals surface area contributed by atoms with Crippen LogP contribution < -0.4 is 0 Å². The molecule has 0 saturated heterocycles. The van der Waals surface area contributed by atoms with Crippen LogP contribution in [0.5, 0.6) is 0 Å². The number of hydrogen-bond donors (Lipinski definition) is 1. The first-order valence-electron chi connectivity index (χ1n) is 5.12. The van der Waals surface area contributed by atoms with Gasteiger partial charge in [0.1, 0.15) is 11.6 Å². The Bertz CT molecular complexity index is 463. The van der Waals surface area contributed by atoms with Gasteiger partial charge in [0.15, 0.2) is 0 Å². The fourth-order valence-electron chi connectivity index (χ4n) is 1.20. The number of nitrogens with one attached hydrogen (secondary N) is 1. The van der Waals surface area contributed by atoms with Gasteiger partial charge >= 0.3 is 0 Å². The molecule has 2 rings (SSSR count). The third-order valence-electron chi connectivity index (χ3n) is 2.05. The molecular formula is C10H14N4OS. The SMILES string of the molecule is Cc1cc(CSc2n[nH]c(C(C)C)n2)on1. The molecular weight excluding hydrogens is 224 g/mol. The zero-order valence-electron chi connectivity index (χ0n) is 9.52. The molecule has 86 valence electrons. The summed E-state index contributed by atoms with van der Waals surface area (Å²) in [5, 5.41) is 11.6. The summed E-state index contributed by atoms with van der Waals surface area (Å²) in [6.07, 6.45) is 0. The number of thioether (sulfide) groups is 1. The van der Waals surface area contributed by atoms with Crippen molar-refractivity contribution < 1.29 is 4.52 Å². The van der Waals surface area contributed by atoms with Crippen LogP contribution in [0.4, 0.5) is 0 Å². The van der Waals surface area contributed by atoms with E-state index in [4.69, 9.17) is 4.52 Å². The van der Waals surface area contributed by atoms with Gasteiger partial charge in [-0.15, -0.1) is 5.10 Å². The molecule has 0 aliphatic carbocycles. The van der Waals surface area contributed by atoms with Gasteiger partial charge in [0.2, 0.25) is 5.16 Å². The largest absolute Gasteiger partial charge is 0.360 e.